The van der Waals surface area contributed by atoms with Crippen LogP contribution in [-0.2, 0) is 21.3 Å². The number of halogens is 1. The van der Waals surface area contributed by atoms with Gasteiger partial charge < -0.3 is 4.74 Å². The molecule has 0 spiro atoms. The van der Waals surface area contributed by atoms with E-state index in [9.17, 15) is 13.2 Å². The third-order valence-electron chi connectivity index (χ3n) is 3.76. The Labute approximate surface area is 153 Å². The van der Waals surface area contributed by atoms with Gasteiger partial charge in [0.2, 0.25) is 10.0 Å². The van der Waals surface area contributed by atoms with E-state index in [-0.39, 0.29) is 22.0 Å². The molecule has 0 amide bonds. The van der Waals surface area contributed by atoms with Crippen molar-refractivity contribution in [1.82, 2.24) is 4.31 Å². The van der Waals surface area contributed by atoms with Crippen molar-refractivity contribution >= 4 is 27.6 Å². The summed E-state index contributed by atoms with van der Waals surface area (Å²) in [7, 11) is -2.54. The van der Waals surface area contributed by atoms with Gasteiger partial charge in [0.1, 0.15) is 4.90 Å². The molecule has 2 aromatic rings. The maximum atomic E-state index is 12.9. The van der Waals surface area contributed by atoms with Crippen molar-refractivity contribution in [3.63, 3.8) is 0 Å². The normalized spacial score (nSPS) is 11.6. The number of rotatable bonds is 6. The highest BCUT2D eigenvalue weighted by molar-refractivity contribution is 7.89. The van der Waals surface area contributed by atoms with Crippen molar-refractivity contribution in [2.75, 3.05) is 13.7 Å². The zero-order valence-corrected chi connectivity index (χ0v) is 15.9. The van der Waals surface area contributed by atoms with Crippen LogP contribution >= 0.6 is 11.6 Å². The Bertz CT molecular complexity index is 880. The molecule has 25 heavy (non-hydrogen) atoms. The fourth-order valence-electron chi connectivity index (χ4n) is 2.47. The lowest BCUT2D eigenvalue weighted by Crippen LogP contribution is -2.30. The van der Waals surface area contributed by atoms with Crippen molar-refractivity contribution in [3.05, 3.63) is 64.2 Å². The standard InChI is InChI=1S/C18H20ClNO4S/c1-4-20(12-14-7-5-6-13(2)10-14)25(22,23)17-9-8-15(11-16(17)19)18(21)24-3/h5-11H,4,12H2,1-3H3. The van der Waals surface area contributed by atoms with Crippen LogP contribution in [0.25, 0.3) is 0 Å². The van der Waals surface area contributed by atoms with Gasteiger partial charge in [-0.2, -0.15) is 4.31 Å². The largest absolute Gasteiger partial charge is 0.465 e. The molecule has 0 heterocycles. The average molecular weight is 382 g/mol. The number of sulfonamides is 1. The molecule has 0 bridgehead atoms. The van der Waals surface area contributed by atoms with Gasteiger partial charge in [0.15, 0.2) is 0 Å². The molecule has 0 unspecified atom stereocenters. The molecule has 0 aliphatic carbocycles. The number of hydrogen-bond donors (Lipinski definition) is 0. The predicted molar refractivity (Wildman–Crippen MR) is 97.2 cm³/mol. The van der Waals surface area contributed by atoms with Crippen LogP contribution in [0.5, 0.6) is 0 Å². The summed E-state index contributed by atoms with van der Waals surface area (Å²) in [6.07, 6.45) is 0. The van der Waals surface area contributed by atoms with Crippen LogP contribution in [0.15, 0.2) is 47.4 Å². The molecular weight excluding hydrogens is 362 g/mol. The van der Waals surface area contributed by atoms with E-state index in [0.717, 1.165) is 11.1 Å². The van der Waals surface area contributed by atoms with E-state index in [4.69, 9.17) is 11.6 Å². The smallest absolute Gasteiger partial charge is 0.337 e. The first-order chi connectivity index (χ1) is 11.8. The molecule has 0 aliphatic rings. The highest BCUT2D eigenvalue weighted by Gasteiger charge is 2.26. The monoisotopic (exact) mass is 381 g/mol. The highest BCUT2D eigenvalue weighted by Crippen LogP contribution is 2.27. The molecule has 0 aromatic heterocycles. The summed E-state index contributed by atoms with van der Waals surface area (Å²) >= 11 is 6.13. The fourth-order valence-corrected chi connectivity index (χ4v) is 4.43. The van der Waals surface area contributed by atoms with Crippen LogP contribution in [-0.4, -0.2) is 32.3 Å². The lowest BCUT2D eigenvalue weighted by molar-refractivity contribution is 0.0600. The van der Waals surface area contributed by atoms with E-state index >= 15 is 0 Å². The Hall–Kier alpha value is -1.89. The molecular formula is C18H20ClNO4S. The molecule has 2 aromatic carbocycles. The van der Waals surface area contributed by atoms with Gasteiger partial charge in [-0.25, -0.2) is 13.2 Å². The zero-order chi connectivity index (χ0) is 18.6. The third-order valence-corrected chi connectivity index (χ3v) is 6.17. The minimum Gasteiger partial charge on any atom is -0.465 e. The number of methoxy groups -OCH3 is 1. The van der Waals surface area contributed by atoms with Crippen LogP contribution < -0.4 is 0 Å². The summed E-state index contributed by atoms with van der Waals surface area (Å²) in [6.45, 7) is 4.27. The number of esters is 1. The van der Waals surface area contributed by atoms with Crippen molar-refractivity contribution in [2.24, 2.45) is 0 Å². The number of benzene rings is 2. The molecule has 7 heteroatoms. The minimum atomic E-state index is -3.79. The van der Waals surface area contributed by atoms with Crippen molar-refractivity contribution < 1.29 is 17.9 Å². The van der Waals surface area contributed by atoms with Gasteiger partial charge in [0.05, 0.1) is 17.7 Å². The van der Waals surface area contributed by atoms with Crippen LogP contribution in [0.3, 0.4) is 0 Å². The number of hydrogen-bond acceptors (Lipinski definition) is 4. The van der Waals surface area contributed by atoms with Crippen LogP contribution in [0, 0.1) is 6.92 Å². The molecule has 0 atom stereocenters. The Morgan fingerprint density at radius 1 is 1.20 bits per heavy atom. The number of ether oxygens (including phenoxy) is 1. The van der Waals surface area contributed by atoms with E-state index in [1.165, 1.54) is 29.6 Å². The lowest BCUT2D eigenvalue weighted by atomic mass is 10.1. The van der Waals surface area contributed by atoms with Gasteiger partial charge in [-0.3, -0.25) is 0 Å². The Balaban J connectivity index is 2.36. The first-order valence-corrected chi connectivity index (χ1v) is 9.55. The van der Waals surface area contributed by atoms with Crippen molar-refractivity contribution in [3.8, 4) is 0 Å². The molecule has 5 nitrogen and oxygen atoms in total. The summed E-state index contributed by atoms with van der Waals surface area (Å²) in [5, 5.41) is -0.00871. The number of carbonyl (C=O) groups excluding carboxylic acids is 1. The summed E-state index contributed by atoms with van der Waals surface area (Å²) in [6, 6.07) is 11.7. The first-order valence-electron chi connectivity index (χ1n) is 7.73. The van der Waals surface area contributed by atoms with Gasteiger partial charge in [-0.15, -0.1) is 0 Å². The Morgan fingerprint density at radius 2 is 1.92 bits per heavy atom. The second-order valence-electron chi connectivity index (χ2n) is 5.56. The van der Waals surface area contributed by atoms with Gasteiger partial charge in [-0.05, 0) is 30.7 Å². The number of carbonyl (C=O) groups is 1. The van der Waals surface area contributed by atoms with Crippen molar-refractivity contribution in [2.45, 2.75) is 25.3 Å². The van der Waals surface area contributed by atoms with Crippen LogP contribution in [0.4, 0.5) is 0 Å². The second kappa shape index (κ2) is 7.99. The number of nitrogens with zero attached hydrogens (tertiary/aromatic N) is 1. The molecule has 2 rings (SSSR count). The van der Waals surface area contributed by atoms with E-state index in [1.54, 1.807) is 6.92 Å². The van der Waals surface area contributed by atoms with Crippen LogP contribution in [0.1, 0.15) is 28.4 Å². The summed E-state index contributed by atoms with van der Waals surface area (Å²) in [4.78, 5) is 11.5. The average Bonchev–Trinajstić information content (AvgIpc) is 2.58. The topological polar surface area (TPSA) is 63.7 Å². The molecule has 0 aliphatic heterocycles. The quantitative estimate of drug-likeness (QED) is 0.716. The SMILES string of the molecule is CCN(Cc1cccc(C)c1)S(=O)(=O)c1ccc(C(=O)OC)cc1Cl. The maximum Gasteiger partial charge on any atom is 0.337 e. The zero-order valence-electron chi connectivity index (χ0n) is 14.3. The van der Waals surface area contributed by atoms with Gasteiger partial charge in [0.25, 0.3) is 0 Å². The van der Waals surface area contributed by atoms with Gasteiger partial charge in [0, 0.05) is 13.1 Å². The molecule has 0 saturated heterocycles. The van der Waals surface area contributed by atoms with E-state index < -0.39 is 16.0 Å². The molecule has 0 N–H and O–H groups in total. The minimum absolute atomic E-state index is 0.00871. The summed E-state index contributed by atoms with van der Waals surface area (Å²) < 4.78 is 31.9. The molecule has 134 valence electrons. The highest BCUT2D eigenvalue weighted by atomic mass is 35.5. The second-order valence-corrected chi connectivity index (χ2v) is 7.87. The summed E-state index contributed by atoms with van der Waals surface area (Å²) in [5.41, 5.74) is 2.16. The fraction of sp³-hybridized carbons (Fsp3) is 0.278. The summed E-state index contributed by atoms with van der Waals surface area (Å²) in [5.74, 6) is -0.571. The predicted octanol–water partition coefficient (Wildman–Crippen LogP) is 3.65. The van der Waals surface area contributed by atoms with Gasteiger partial charge >= 0.3 is 5.97 Å². The lowest BCUT2D eigenvalue weighted by Gasteiger charge is -2.21. The van der Waals surface area contributed by atoms with E-state index in [1.807, 2.05) is 31.2 Å². The van der Waals surface area contributed by atoms with Crippen LogP contribution in [0.2, 0.25) is 5.02 Å². The van der Waals surface area contributed by atoms with Crippen molar-refractivity contribution in [1.29, 1.82) is 0 Å². The first kappa shape index (κ1) is 19.4. The van der Waals surface area contributed by atoms with E-state index in [0.29, 0.717) is 6.54 Å². The maximum absolute atomic E-state index is 12.9. The third kappa shape index (κ3) is 4.39. The Morgan fingerprint density at radius 3 is 2.48 bits per heavy atom. The number of aryl methyl sites for hydroxylation is 1. The molecule has 0 radical (unpaired) electrons. The molecule has 0 saturated carbocycles. The van der Waals surface area contributed by atoms with Gasteiger partial charge in [-0.1, -0.05) is 48.4 Å². The molecule has 0 fully saturated rings. The van der Waals surface area contributed by atoms with E-state index in [2.05, 4.69) is 4.74 Å². The Kier molecular flexibility index (Phi) is 6.21.